The minimum absolute atomic E-state index is 0.458. The van der Waals surface area contributed by atoms with Gasteiger partial charge in [-0.15, -0.1) is 0 Å². The van der Waals surface area contributed by atoms with Crippen LogP contribution in [0.1, 0.15) is 19.3 Å². The third-order valence-electron chi connectivity index (χ3n) is 1.74. The van der Waals surface area contributed by atoms with Crippen LogP contribution >= 0.6 is 23.5 Å². The van der Waals surface area contributed by atoms with Crippen LogP contribution in [-0.4, -0.2) is 39.0 Å². The van der Waals surface area contributed by atoms with E-state index in [9.17, 15) is 10.2 Å². The summed E-state index contributed by atoms with van der Waals surface area (Å²) in [6.07, 6.45) is 3.70. The third-order valence-corrected chi connectivity index (χ3v) is 4.23. The summed E-state index contributed by atoms with van der Waals surface area (Å²) in [4.78, 5) is 0. The molecule has 0 aliphatic carbocycles. The zero-order valence-corrected chi connectivity index (χ0v) is 8.79. The van der Waals surface area contributed by atoms with Crippen LogP contribution in [0.4, 0.5) is 0 Å². The first kappa shape index (κ1) is 10.7. The van der Waals surface area contributed by atoms with Crippen LogP contribution in [0.25, 0.3) is 0 Å². The molecular formula is C8H16O2S2. The summed E-state index contributed by atoms with van der Waals surface area (Å²) >= 11 is 3.29. The zero-order chi connectivity index (χ0) is 8.86. The van der Waals surface area contributed by atoms with E-state index in [0.29, 0.717) is 11.5 Å². The van der Waals surface area contributed by atoms with E-state index in [-0.39, 0.29) is 0 Å². The van der Waals surface area contributed by atoms with Crippen molar-refractivity contribution in [2.45, 2.75) is 25.0 Å². The molecule has 1 aliphatic heterocycles. The second-order valence-corrected chi connectivity index (χ2v) is 5.36. The van der Waals surface area contributed by atoms with Gasteiger partial charge in [0.1, 0.15) is 0 Å². The molecule has 2 nitrogen and oxygen atoms in total. The molecule has 0 radical (unpaired) electrons. The van der Waals surface area contributed by atoms with Crippen molar-refractivity contribution < 1.29 is 10.2 Å². The van der Waals surface area contributed by atoms with Crippen molar-refractivity contribution in [2.75, 3.05) is 23.0 Å². The molecule has 0 aromatic heterocycles. The van der Waals surface area contributed by atoms with Crippen molar-refractivity contribution in [3.05, 3.63) is 0 Å². The fraction of sp³-hybridized carbons (Fsp3) is 1.00. The lowest BCUT2D eigenvalue weighted by Gasteiger charge is -2.21. The molecule has 0 amide bonds. The summed E-state index contributed by atoms with van der Waals surface area (Å²) in [5.74, 6) is 1.60. The smallest absolute Gasteiger partial charge is 0.181 e. The first-order valence-corrected chi connectivity index (χ1v) is 6.62. The molecule has 0 spiro atoms. The van der Waals surface area contributed by atoms with Crippen LogP contribution in [-0.2, 0) is 0 Å². The Kier molecular flexibility index (Phi) is 4.79. The maximum Gasteiger partial charge on any atom is 0.181 e. The van der Waals surface area contributed by atoms with Crippen LogP contribution in [0.2, 0.25) is 0 Å². The van der Waals surface area contributed by atoms with Crippen LogP contribution in [0.3, 0.4) is 0 Å². The van der Waals surface area contributed by atoms with E-state index in [2.05, 4.69) is 0 Å². The Hall–Kier alpha value is 0.620. The molecule has 0 saturated carbocycles. The van der Waals surface area contributed by atoms with Gasteiger partial charge < -0.3 is 10.2 Å². The molecule has 0 atom stereocenters. The lowest BCUT2D eigenvalue weighted by molar-refractivity contribution is -0.118. The molecule has 1 aliphatic rings. The fourth-order valence-electron chi connectivity index (χ4n) is 1.10. The van der Waals surface area contributed by atoms with Crippen LogP contribution < -0.4 is 0 Å². The molecule has 1 fully saturated rings. The van der Waals surface area contributed by atoms with Crippen molar-refractivity contribution in [2.24, 2.45) is 0 Å². The van der Waals surface area contributed by atoms with Crippen LogP contribution in [0.15, 0.2) is 0 Å². The summed E-state index contributed by atoms with van der Waals surface area (Å²) < 4.78 is 0. The van der Waals surface area contributed by atoms with Crippen molar-refractivity contribution >= 4 is 23.5 Å². The number of hydrogen-bond acceptors (Lipinski definition) is 4. The van der Waals surface area contributed by atoms with Crippen LogP contribution in [0, 0.1) is 0 Å². The Morgan fingerprint density at radius 2 is 1.33 bits per heavy atom. The van der Waals surface area contributed by atoms with E-state index in [0.717, 1.165) is 11.5 Å². The molecule has 1 rings (SSSR count). The van der Waals surface area contributed by atoms with Crippen molar-refractivity contribution in [3.8, 4) is 0 Å². The van der Waals surface area contributed by atoms with Crippen molar-refractivity contribution in [3.63, 3.8) is 0 Å². The van der Waals surface area contributed by atoms with Gasteiger partial charge in [0.15, 0.2) is 5.79 Å². The Morgan fingerprint density at radius 1 is 0.833 bits per heavy atom. The molecule has 1 heterocycles. The largest absolute Gasteiger partial charge is 0.364 e. The van der Waals surface area contributed by atoms with Crippen molar-refractivity contribution in [1.29, 1.82) is 0 Å². The Morgan fingerprint density at radius 3 is 1.83 bits per heavy atom. The van der Waals surface area contributed by atoms with E-state index in [1.165, 1.54) is 19.3 Å². The van der Waals surface area contributed by atoms with Crippen LogP contribution in [0.5, 0.6) is 0 Å². The highest BCUT2D eigenvalue weighted by atomic mass is 32.2. The van der Waals surface area contributed by atoms with Gasteiger partial charge in [-0.05, 0) is 24.3 Å². The predicted octanol–water partition coefficient (Wildman–Crippen LogP) is 1.32. The quantitative estimate of drug-likeness (QED) is 0.589. The van der Waals surface area contributed by atoms with Gasteiger partial charge in [0.2, 0.25) is 0 Å². The third kappa shape index (κ3) is 4.60. The van der Waals surface area contributed by atoms with E-state index in [1.54, 1.807) is 23.5 Å². The lowest BCUT2D eigenvalue weighted by atomic mass is 10.3. The average Bonchev–Trinajstić information content (AvgIpc) is 2.02. The molecule has 0 bridgehead atoms. The predicted molar refractivity (Wildman–Crippen MR) is 55.7 cm³/mol. The van der Waals surface area contributed by atoms with E-state index < -0.39 is 5.79 Å². The SMILES string of the molecule is OC1(O)CSCCCCCSC1. The summed E-state index contributed by atoms with van der Waals surface area (Å²) in [5, 5.41) is 18.8. The highest BCUT2D eigenvalue weighted by Gasteiger charge is 2.22. The summed E-state index contributed by atoms with van der Waals surface area (Å²) in [6, 6.07) is 0. The molecule has 0 aromatic carbocycles. The van der Waals surface area contributed by atoms with E-state index >= 15 is 0 Å². The first-order chi connectivity index (χ1) is 5.71. The second-order valence-electron chi connectivity index (χ2n) is 3.15. The molecule has 72 valence electrons. The molecule has 4 heteroatoms. The molecule has 12 heavy (non-hydrogen) atoms. The molecule has 1 saturated heterocycles. The van der Waals surface area contributed by atoms with Gasteiger partial charge in [-0.2, -0.15) is 23.5 Å². The average molecular weight is 208 g/mol. The summed E-state index contributed by atoms with van der Waals surface area (Å²) in [5.41, 5.74) is 0. The monoisotopic (exact) mass is 208 g/mol. The Bertz CT molecular complexity index is 116. The van der Waals surface area contributed by atoms with Gasteiger partial charge >= 0.3 is 0 Å². The maximum absolute atomic E-state index is 9.41. The van der Waals surface area contributed by atoms with E-state index in [1.807, 2.05) is 0 Å². The molecular weight excluding hydrogens is 192 g/mol. The van der Waals surface area contributed by atoms with Gasteiger partial charge in [-0.25, -0.2) is 0 Å². The van der Waals surface area contributed by atoms with E-state index in [4.69, 9.17) is 0 Å². The number of hydrogen-bond donors (Lipinski definition) is 2. The Balaban J connectivity index is 2.27. The number of rotatable bonds is 0. The van der Waals surface area contributed by atoms with Crippen molar-refractivity contribution in [1.82, 2.24) is 0 Å². The normalized spacial score (nSPS) is 26.5. The highest BCUT2D eigenvalue weighted by Crippen LogP contribution is 2.21. The minimum Gasteiger partial charge on any atom is -0.364 e. The van der Waals surface area contributed by atoms with Gasteiger partial charge in [0.25, 0.3) is 0 Å². The standard InChI is InChI=1S/C8H16O2S2/c9-8(10)6-11-4-2-1-3-5-12-7-8/h9-10H,1-7H2. The second kappa shape index (κ2) is 5.37. The number of thioether (sulfide) groups is 2. The molecule has 2 N–H and O–H groups in total. The maximum atomic E-state index is 9.41. The zero-order valence-electron chi connectivity index (χ0n) is 7.16. The highest BCUT2D eigenvalue weighted by molar-refractivity contribution is 8.00. The first-order valence-electron chi connectivity index (χ1n) is 4.31. The Labute approximate surface area is 82.1 Å². The molecule has 0 unspecified atom stereocenters. The summed E-state index contributed by atoms with van der Waals surface area (Å²) in [6.45, 7) is 0. The van der Waals surface area contributed by atoms with Gasteiger partial charge in [0.05, 0.1) is 0 Å². The number of aliphatic hydroxyl groups is 2. The van der Waals surface area contributed by atoms with Gasteiger partial charge in [-0.1, -0.05) is 6.42 Å². The minimum atomic E-state index is -1.44. The topological polar surface area (TPSA) is 40.5 Å². The lowest BCUT2D eigenvalue weighted by Crippen LogP contribution is -2.34. The molecule has 0 aromatic rings. The summed E-state index contributed by atoms with van der Waals surface area (Å²) in [7, 11) is 0. The fourth-order valence-corrected chi connectivity index (χ4v) is 3.19. The van der Waals surface area contributed by atoms with Gasteiger partial charge in [-0.3, -0.25) is 0 Å². The van der Waals surface area contributed by atoms with Gasteiger partial charge in [0, 0.05) is 11.5 Å².